The summed E-state index contributed by atoms with van der Waals surface area (Å²) in [5.74, 6) is -1.82. The zero-order valence-corrected chi connectivity index (χ0v) is 13.5. The van der Waals surface area contributed by atoms with Crippen molar-refractivity contribution in [1.29, 1.82) is 0 Å². The summed E-state index contributed by atoms with van der Waals surface area (Å²) in [4.78, 5) is 35.5. The van der Waals surface area contributed by atoms with Crippen LogP contribution >= 0.6 is 0 Å². The van der Waals surface area contributed by atoms with E-state index in [4.69, 9.17) is 9.47 Å². The number of Topliss-reactive ketones (excluding diaryl/α,β-unsaturated/α-hetero) is 1. The second-order valence-electron chi connectivity index (χ2n) is 4.97. The summed E-state index contributed by atoms with van der Waals surface area (Å²) < 4.78 is 22.7. The van der Waals surface area contributed by atoms with Crippen LogP contribution < -0.4 is 10.1 Å². The molecule has 130 valence electrons. The van der Waals surface area contributed by atoms with E-state index < -0.39 is 36.6 Å². The highest BCUT2D eigenvalue weighted by molar-refractivity contribution is 5.99. The summed E-state index contributed by atoms with van der Waals surface area (Å²) in [5, 5.41) is 2.39. The molecule has 0 saturated carbocycles. The van der Waals surface area contributed by atoms with Gasteiger partial charge in [-0.15, -0.1) is 0 Å². The predicted molar refractivity (Wildman–Crippen MR) is 87.0 cm³/mol. The van der Waals surface area contributed by atoms with Crippen LogP contribution in [0.4, 0.5) is 4.39 Å². The van der Waals surface area contributed by atoms with Crippen LogP contribution in [0, 0.1) is 5.82 Å². The summed E-state index contributed by atoms with van der Waals surface area (Å²) >= 11 is 0. The Labute approximate surface area is 143 Å². The number of benzene rings is 2. The highest BCUT2D eigenvalue weighted by Crippen LogP contribution is 2.16. The number of esters is 1. The van der Waals surface area contributed by atoms with Gasteiger partial charge in [-0.2, -0.15) is 0 Å². The fourth-order valence-electron chi connectivity index (χ4n) is 2.00. The molecule has 0 heterocycles. The number of nitrogens with one attached hydrogen (secondary N) is 1. The summed E-state index contributed by atoms with van der Waals surface area (Å²) in [6.45, 7) is -0.886. The van der Waals surface area contributed by atoms with E-state index in [1.165, 1.54) is 19.2 Å². The molecule has 2 rings (SSSR count). The lowest BCUT2D eigenvalue weighted by molar-refractivity contribution is -0.141. The molecular weight excluding hydrogens is 329 g/mol. The first kappa shape index (κ1) is 18.1. The molecule has 1 amide bonds. The first-order chi connectivity index (χ1) is 12.0. The maximum absolute atomic E-state index is 12.8. The molecule has 0 atom stereocenters. The van der Waals surface area contributed by atoms with Gasteiger partial charge in [0.25, 0.3) is 5.91 Å². The van der Waals surface area contributed by atoms with Gasteiger partial charge >= 0.3 is 5.97 Å². The maximum Gasteiger partial charge on any atom is 0.325 e. The minimum absolute atomic E-state index is 0.229. The molecule has 25 heavy (non-hydrogen) atoms. The summed E-state index contributed by atoms with van der Waals surface area (Å²) in [5.41, 5.74) is 0.507. The highest BCUT2D eigenvalue weighted by atomic mass is 19.1. The van der Waals surface area contributed by atoms with E-state index in [2.05, 4.69) is 5.32 Å². The molecule has 0 aliphatic rings. The summed E-state index contributed by atoms with van der Waals surface area (Å²) in [6, 6.07) is 11.4. The number of amides is 1. The molecule has 1 N–H and O–H groups in total. The maximum atomic E-state index is 12.8. The number of halogens is 1. The van der Waals surface area contributed by atoms with Crippen molar-refractivity contribution in [1.82, 2.24) is 5.32 Å². The first-order valence-corrected chi connectivity index (χ1v) is 7.37. The van der Waals surface area contributed by atoms with Crippen molar-refractivity contribution in [2.45, 2.75) is 0 Å². The van der Waals surface area contributed by atoms with Crippen molar-refractivity contribution < 1.29 is 28.2 Å². The van der Waals surface area contributed by atoms with Crippen LogP contribution in [0.1, 0.15) is 20.7 Å². The number of ketones is 1. The van der Waals surface area contributed by atoms with Crippen LogP contribution in [0.3, 0.4) is 0 Å². The molecule has 2 aromatic rings. The van der Waals surface area contributed by atoms with Gasteiger partial charge in [-0.25, -0.2) is 4.39 Å². The number of ether oxygens (including phenoxy) is 2. The minimum atomic E-state index is -0.765. The predicted octanol–water partition coefficient (Wildman–Crippen LogP) is 1.99. The van der Waals surface area contributed by atoms with E-state index in [9.17, 15) is 18.8 Å². The van der Waals surface area contributed by atoms with Crippen molar-refractivity contribution in [3.8, 4) is 5.75 Å². The number of para-hydroxylation sites is 1. The normalized spacial score (nSPS) is 10.0. The van der Waals surface area contributed by atoms with Crippen LogP contribution in [0.15, 0.2) is 48.5 Å². The third kappa shape index (κ3) is 5.13. The van der Waals surface area contributed by atoms with Gasteiger partial charge in [0.2, 0.25) is 0 Å². The fraction of sp³-hybridized carbons (Fsp3) is 0.167. The summed E-state index contributed by atoms with van der Waals surface area (Å²) in [6.07, 6.45) is 0. The molecule has 6 nitrogen and oxygen atoms in total. The molecule has 0 spiro atoms. The van der Waals surface area contributed by atoms with Gasteiger partial charge in [-0.3, -0.25) is 14.4 Å². The molecule has 0 aromatic heterocycles. The Bertz CT molecular complexity index is 773. The van der Waals surface area contributed by atoms with Crippen molar-refractivity contribution in [2.24, 2.45) is 0 Å². The Hall–Kier alpha value is -3.22. The molecule has 2 aromatic carbocycles. The number of hydrogen-bond acceptors (Lipinski definition) is 5. The van der Waals surface area contributed by atoms with Crippen molar-refractivity contribution in [3.05, 3.63) is 65.5 Å². The molecule has 0 radical (unpaired) electrons. The minimum Gasteiger partial charge on any atom is -0.496 e. The Morgan fingerprint density at radius 3 is 2.40 bits per heavy atom. The van der Waals surface area contributed by atoms with Crippen LogP contribution in [0.25, 0.3) is 0 Å². The largest absolute Gasteiger partial charge is 0.496 e. The van der Waals surface area contributed by atoms with Crippen LogP contribution in [0.5, 0.6) is 5.75 Å². The molecule has 0 aliphatic carbocycles. The van der Waals surface area contributed by atoms with Gasteiger partial charge in [0, 0.05) is 5.56 Å². The van der Waals surface area contributed by atoms with Crippen LogP contribution in [0.2, 0.25) is 0 Å². The van der Waals surface area contributed by atoms with Crippen molar-refractivity contribution in [3.63, 3.8) is 0 Å². The Morgan fingerprint density at radius 2 is 1.72 bits per heavy atom. The Balaban J connectivity index is 1.81. The second-order valence-corrected chi connectivity index (χ2v) is 4.97. The number of methoxy groups -OCH3 is 1. The van der Waals surface area contributed by atoms with Gasteiger partial charge in [-0.05, 0) is 36.4 Å². The zero-order valence-electron chi connectivity index (χ0n) is 13.5. The van der Waals surface area contributed by atoms with E-state index in [0.29, 0.717) is 5.75 Å². The van der Waals surface area contributed by atoms with E-state index in [0.717, 1.165) is 12.1 Å². The lowest BCUT2D eigenvalue weighted by atomic mass is 10.1. The third-order valence-electron chi connectivity index (χ3n) is 3.28. The van der Waals surface area contributed by atoms with Gasteiger partial charge < -0.3 is 14.8 Å². The SMILES string of the molecule is COc1ccccc1C(=O)NCC(=O)OCC(=O)c1ccc(F)cc1. The zero-order chi connectivity index (χ0) is 18.2. The quantitative estimate of drug-likeness (QED) is 0.613. The molecule has 0 fully saturated rings. The number of carbonyl (C=O) groups excluding carboxylic acids is 3. The molecule has 0 saturated heterocycles. The van der Waals surface area contributed by atoms with E-state index >= 15 is 0 Å². The molecular formula is C18H16FNO5. The fourth-order valence-corrected chi connectivity index (χ4v) is 2.00. The van der Waals surface area contributed by atoms with Gasteiger partial charge in [0.15, 0.2) is 12.4 Å². The van der Waals surface area contributed by atoms with Crippen LogP contribution in [-0.4, -0.2) is 37.9 Å². The monoisotopic (exact) mass is 345 g/mol. The molecule has 7 heteroatoms. The highest BCUT2D eigenvalue weighted by Gasteiger charge is 2.14. The summed E-state index contributed by atoms with van der Waals surface area (Å²) in [7, 11) is 1.43. The van der Waals surface area contributed by atoms with Gasteiger partial charge in [-0.1, -0.05) is 12.1 Å². The standard InChI is InChI=1S/C18H16FNO5/c1-24-16-5-3-2-4-14(16)18(23)20-10-17(22)25-11-15(21)12-6-8-13(19)9-7-12/h2-9H,10-11H2,1H3,(H,20,23). The lowest BCUT2D eigenvalue weighted by Gasteiger charge is -2.09. The Kier molecular flexibility index (Phi) is 6.22. The Morgan fingerprint density at radius 1 is 1.04 bits per heavy atom. The molecule has 0 bridgehead atoms. The third-order valence-corrected chi connectivity index (χ3v) is 3.28. The second kappa shape index (κ2) is 8.58. The average Bonchev–Trinajstić information content (AvgIpc) is 2.64. The number of hydrogen-bond donors (Lipinski definition) is 1. The topological polar surface area (TPSA) is 81.7 Å². The average molecular weight is 345 g/mol. The van der Waals surface area contributed by atoms with E-state index in [1.807, 2.05) is 0 Å². The number of rotatable bonds is 7. The van der Waals surface area contributed by atoms with Crippen molar-refractivity contribution in [2.75, 3.05) is 20.3 Å². The smallest absolute Gasteiger partial charge is 0.325 e. The van der Waals surface area contributed by atoms with Crippen LogP contribution in [-0.2, 0) is 9.53 Å². The first-order valence-electron chi connectivity index (χ1n) is 7.37. The molecule has 0 unspecified atom stereocenters. The molecule has 0 aliphatic heterocycles. The number of carbonyl (C=O) groups is 3. The van der Waals surface area contributed by atoms with Crippen molar-refractivity contribution >= 4 is 17.7 Å². The van der Waals surface area contributed by atoms with Gasteiger partial charge in [0.1, 0.15) is 18.1 Å². The van der Waals surface area contributed by atoms with E-state index in [-0.39, 0.29) is 11.1 Å². The lowest BCUT2D eigenvalue weighted by Crippen LogP contribution is -2.31. The van der Waals surface area contributed by atoms with E-state index in [1.54, 1.807) is 24.3 Å². The van der Waals surface area contributed by atoms with Gasteiger partial charge in [0.05, 0.1) is 12.7 Å².